The van der Waals surface area contributed by atoms with Crippen LogP contribution in [0.4, 0.5) is 20.5 Å². The maximum atomic E-state index is 14.7. The molecule has 2 N–H and O–H groups in total. The van der Waals surface area contributed by atoms with Crippen LogP contribution in [0.3, 0.4) is 0 Å². The van der Waals surface area contributed by atoms with Gasteiger partial charge in [0, 0.05) is 18.1 Å². The van der Waals surface area contributed by atoms with Crippen LogP contribution < -0.4 is 10.2 Å². The second kappa shape index (κ2) is 7.58. The number of benzene rings is 1. The zero-order chi connectivity index (χ0) is 23.0. The molecule has 2 unspecified atom stereocenters. The molecule has 6 nitrogen and oxygen atoms in total. The van der Waals surface area contributed by atoms with Gasteiger partial charge in [-0.05, 0) is 61.1 Å². The SMILES string of the molecule is O=[S@]1CC(F)(F)c2nc(N3CC4CC(C3)C4c3ccc(Cl)cc3)nc(NC3(CO)CCC3)c21. The molecule has 1 aromatic carbocycles. The van der Waals surface area contributed by atoms with Crippen LogP contribution in [0.15, 0.2) is 29.2 Å². The van der Waals surface area contributed by atoms with E-state index in [0.717, 1.165) is 25.7 Å². The molecule has 4 fully saturated rings. The normalized spacial score (nSPS) is 30.8. The Morgan fingerprint density at radius 2 is 1.88 bits per heavy atom. The predicted molar refractivity (Wildman–Crippen MR) is 122 cm³/mol. The minimum atomic E-state index is -3.26. The van der Waals surface area contributed by atoms with Crippen LogP contribution in [-0.2, 0) is 16.7 Å². The smallest absolute Gasteiger partial charge is 0.302 e. The number of halogens is 3. The third-order valence-corrected chi connectivity index (χ3v) is 9.52. The zero-order valence-electron chi connectivity index (χ0n) is 17.9. The Morgan fingerprint density at radius 1 is 1.18 bits per heavy atom. The van der Waals surface area contributed by atoms with Crippen molar-refractivity contribution >= 4 is 34.2 Å². The van der Waals surface area contributed by atoms with E-state index in [1.54, 1.807) is 0 Å². The van der Waals surface area contributed by atoms with E-state index in [0.29, 0.717) is 35.9 Å². The Balaban J connectivity index is 1.32. The summed E-state index contributed by atoms with van der Waals surface area (Å²) < 4.78 is 42.1. The number of nitrogens with one attached hydrogen (secondary N) is 1. The first-order valence-corrected chi connectivity index (χ1v) is 13.1. The number of hydrogen-bond donors (Lipinski definition) is 2. The summed E-state index contributed by atoms with van der Waals surface area (Å²) in [6, 6.07) is 7.95. The van der Waals surface area contributed by atoms with Gasteiger partial charge in [-0.25, -0.2) is 4.98 Å². The number of anilines is 2. The maximum absolute atomic E-state index is 14.7. The molecule has 0 amide bonds. The number of aliphatic hydroxyl groups excluding tert-OH is 1. The molecule has 3 aliphatic heterocycles. The van der Waals surface area contributed by atoms with Crippen molar-refractivity contribution in [1.29, 1.82) is 0 Å². The van der Waals surface area contributed by atoms with Crippen LogP contribution >= 0.6 is 11.6 Å². The Hall–Kier alpha value is -1.84. The highest BCUT2D eigenvalue weighted by Crippen LogP contribution is 2.53. The number of hydrogen-bond acceptors (Lipinski definition) is 6. The van der Waals surface area contributed by atoms with Crippen LogP contribution in [0.1, 0.15) is 42.9 Å². The monoisotopic (exact) mass is 494 g/mol. The Labute approximate surface area is 198 Å². The Kier molecular flexibility index (Phi) is 4.98. The topological polar surface area (TPSA) is 78.4 Å². The minimum Gasteiger partial charge on any atom is -0.394 e. The van der Waals surface area contributed by atoms with E-state index in [4.69, 9.17) is 11.6 Å². The first kappa shape index (κ1) is 21.7. The molecule has 10 heteroatoms. The van der Waals surface area contributed by atoms with Crippen LogP contribution in [-0.4, -0.2) is 50.3 Å². The van der Waals surface area contributed by atoms with Gasteiger partial charge in [-0.1, -0.05) is 23.7 Å². The van der Waals surface area contributed by atoms with Gasteiger partial charge < -0.3 is 15.3 Å². The van der Waals surface area contributed by atoms with Crippen molar-refractivity contribution in [2.75, 3.05) is 35.7 Å². The van der Waals surface area contributed by atoms with E-state index in [2.05, 4.69) is 27.4 Å². The summed E-state index contributed by atoms with van der Waals surface area (Å²) in [7, 11) is -1.89. The number of piperidine rings is 2. The van der Waals surface area contributed by atoms with E-state index < -0.39 is 33.7 Å². The summed E-state index contributed by atoms with van der Waals surface area (Å²) in [5, 5.41) is 13.8. The van der Waals surface area contributed by atoms with Crippen molar-refractivity contribution in [2.45, 2.75) is 48.0 Å². The fourth-order valence-electron chi connectivity index (χ4n) is 5.89. The van der Waals surface area contributed by atoms with Crippen molar-refractivity contribution in [3.8, 4) is 0 Å². The van der Waals surface area contributed by atoms with E-state index in [-0.39, 0.29) is 23.3 Å². The van der Waals surface area contributed by atoms with Crippen molar-refractivity contribution in [3.05, 3.63) is 40.5 Å². The summed E-state index contributed by atoms with van der Waals surface area (Å²) in [5.41, 5.74) is 0.231. The first-order valence-electron chi connectivity index (χ1n) is 11.4. The predicted octanol–water partition coefficient (Wildman–Crippen LogP) is 3.91. The molecule has 2 bridgehead atoms. The van der Waals surface area contributed by atoms with Gasteiger partial charge in [0.1, 0.15) is 16.4 Å². The van der Waals surface area contributed by atoms with Gasteiger partial charge in [0.2, 0.25) is 5.95 Å². The number of fused-ring (bicyclic) bond motifs is 3. The number of aliphatic hydroxyl groups is 1. The van der Waals surface area contributed by atoms with Crippen LogP contribution in [0.2, 0.25) is 5.02 Å². The highest BCUT2D eigenvalue weighted by molar-refractivity contribution is 7.85. The van der Waals surface area contributed by atoms with Crippen molar-refractivity contribution < 1.29 is 18.1 Å². The van der Waals surface area contributed by atoms with Gasteiger partial charge in [-0.15, -0.1) is 0 Å². The molecule has 3 atom stereocenters. The quantitative estimate of drug-likeness (QED) is 0.656. The van der Waals surface area contributed by atoms with Gasteiger partial charge in [0.05, 0.1) is 28.7 Å². The molecule has 0 spiro atoms. The average Bonchev–Trinajstić information content (AvgIpc) is 3.00. The van der Waals surface area contributed by atoms with E-state index in [1.807, 2.05) is 17.0 Å². The van der Waals surface area contributed by atoms with Crippen LogP contribution in [0, 0.1) is 11.8 Å². The van der Waals surface area contributed by atoms with Crippen LogP contribution in [0.5, 0.6) is 0 Å². The highest BCUT2D eigenvalue weighted by atomic mass is 35.5. The lowest BCUT2D eigenvalue weighted by Crippen LogP contribution is -2.54. The molecule has 33 heavy (non-hydrogen) atoms. The number of alkyl halides is 2. The standard InChI is InChI=1S/C23H25ClF2N4O2S/c24-16-4-2-13(3-5-16)17-14-8-15(17)10-30(9-14)21-27-19-18(33(32)12-23(19,25)26)20(28-21)29-22(11-31)6-1-7-22/h2-5,14-15,17,31H,1,6-12H2,(H,27,28,29)/t14?,15?,17?,33-/m0/s1. The average molecular weight is 495 g/mol. The molecule has 7 rings (SSSR count). The fraction of sp³-hybridized carbons (Fsp3) is 0.565. The first-order chi connectivity index (χ1) is 15.8. The molecule has 1 aromatic heterocycles. The second-order valence-electron chi connectivity index (χ2n) is 9.90. The largest absolute Gasteiger partial charge is 0.394 e. The number of rotatable bonds is 5. The molecule has 176 valence electrons. The summed E-state index contributed by atoms with van der Waals surface area (Å²) in [4.78, 5) is 10.8. The third-order valence-electron chi connectivity index (χ3n) is 7.81. The van der Waals surface area contributed by atoms with Gasteiger partial charge in [0.15, 0.2) is 0 Å². The molecule has 0 radical (unpaired) electrons. The fourth-order valence-corrected chi connectivity index (χ4v) is 7.35. The third kappa shape index (κ3) is 3.46. The van der Waals surface area contributed by atoms with E-state index in [9.17, 15) is 18.1 Å². The molecular weight excluding hydrogens is 470 g/mol. The summed E-state index contributed by atoms with van der Waals surface area (Å²) in [6.45, 7) is 1.24. The zero-order valence-corrected chi connectivity index (χ0v) is 19.5. The van der Waals surface area contributed by atoms with E-state index in [1.165, 1.54) is 5.56 Å². The summed E-state index contributed by atoms with van der Waals surface area (Å²) >= 11 is 6.04. The summed E-state index contributed by atoms with van der Waals surface area (Å²) in [5.74, 6) is -2.38. The summed E-state index contributed by atoms with van der Waals surface area (Å²) in [6.07, 6.45) is 3.47. The second-order valence-corrected chi connectivity index (χ2v) is 11.7. The van der Waals surface area contributed by atoms with Crippen molar-refractivity contribution in [1.82, 2.24) is 9.97 Å². The lowest BCUT2D eigenvalue weighted by molar-refractivity contribution is 0.0190. The van der Waals surface area contributed by atoms with Crippen molar-refractivity contribution in [2.24, 2.45) is 11.8 Å². The minimum absolute atomic E-state index is 0.00955. The molecule has 4 heterocycles. The lowest BCUT2D eigenvalue weighted by atomic mass is 9.59. The molecular formula is C23H25ClF2N4O2S. The Bertz CT molecular complexity index is 1110. The Morgan fingerprint density at radius 3 is 2.48 bits per heavy atom. The van der Waals surface area contributed by atoms with Crippen LogP contribution in [0.25, 0.3) is 0 Å². The maximum Gasteiger partial charge on any atom is 0.302 e. The number of aromatic nitrogens is 2. The molecule has 2 aromatic rings. The van der Waals surface area contributed by atoms with Gasteiger partial charge in [-0.3, -0.25) is 4.21 Å². The molecule has 2 aliphatic carbocycles. The number of nitrogens with zero attached hydrogens (tertiary/aromatic N) is 3. The van der Waals surface area contributed by atoms with Gasteiger partial charge in [-0.2, -0.15) is 13.8 Å². The van der Waals surface area contributed by atoms with Crippen molar-refractivity contribution in [3.63, 3.8) is 0 Å². The molecule has 2 saturated heterocycles. The molecule has 2 saturated carbocycles. The molecule has 5 aliphatic rings. The highest BCUT2D eigenvalue weighted by Gasteiger charge is 2.51. The van der Waals surface area contributed by atoms with E-state index >= 15 is 0 Å². The lowest BCUT2D eigenvalue weighted by Gasteiger charge is -2.54. The van der Waals surface area contributed by atoms with Gasteiger partial charge >= 0.3 is 5.92 Å². The van der Waals surface area contributed by atoms with Gasteiger partial charge in [0.25, 0.3) is 0 Å².